The molecule has 0 radical (unpaired) electrons. The van der Waals surface area contributed by atoms with Crippen LogP contribution in [0.2, 0.25) is 0 Å². The third-order valence-corrected chi connectivity index (χ3v) is 5.77. The summed E-state index contributed by atoms with van der Waals surface area (Å²) in [6.07, 6.45) is 4.06. The van der Waals surface area contributed by atoms with Gasteiger partial charge in [-0.15, -0.1) is 0 Å². The monoisotopic (exact) mass is 354 g/mol. The van der Waals surface area contributed by atoms with Gasteiger partial charge in [-0.2, -0.15) is 0 Å². The molecule has 0 aliphatic carbocycles. The molecule has 1 aromatic carbocycles. The molecule has 2 aliphatic heterocycles. The first kappa shape index (κ1) is 17.3. The zero-order valence-electron chi connectivity index (χ0n) is 15.0. The lowest BCUT2D eigenvalue weighted by Gasteiger charge is -2.33. The molecule has 0 unspecified atom stereocenters. The summed E-state index contributed by atoms with van der Waals surface area (Å²) >= 11 is 0. The molecule has 4 rings (SSSR count). The minimum absolute atomic E-state index is 0.0703. The number of furan rings is 1. The van der Waals surface area contributed by atoms with Gasteiger partial charge < -0.3 is 14.4 Å². The third kappa shape index (κ3) is 3.55. The summed E-state index contributed by atoms with van der Waals surface area (Å²) in [5.74, 6) is 1.25. The Hall–Kier alpha value is -2.11. The van der Waals surface area contributed by atoms with E-state index in [1.165, 1.54) is 0 Å². The Morgan fingerprint density at radius 3 is 2.58 bits per heavy atom. The molecular formula is C21H26N2O3. The van der Waals surface area contributed by atoms with Gasteiger partial charge in [0.1, 0.15) is 11.4 Å². The van der Waals surface area contributed by atoms with E-state index >= 15 is 0 Å². The number of nitrogens with zero attached hydrogens (tertiary/aromatic N) is 2. The fraction of sp³-hybridized carbons (Fsp3) is 0.476. The summed E-state index contributed by atoms with van der Waals surface area (Å²) < 4.78 is 5.41. The molecule has 5 heteroatoms. The average molecular weight is 354 g/mol. The van der Waals surface area contributed by atoms with Crippen molar-refractivity contribution < 1.29 is 14.3 Å². The number of amides is 1. The second-order valence-electron chi connectivity index (χ2n) is 7.54. The Morgan fingerprint density at radius 2 is 1.88 bits per heavy atom. The summed E-state index contributed by atoms with van der Waals surface area (Å²) in [4.78, 5) is 17.1. The van der Waals surface area contributed by atoms with E-state index in [1.807, 2.05) is 47.4 Å². The Bertz CT molecular complexity index is 723. The zero-order valence-corrected chi connectivity index (χ0v) is 15.0. The van der Waals surface area contributed by atoms with Gasteiger partial charge >= 0.3 is 0 Å². The summed E-state index contributed by atoms with van der Waals surface area (Å²) in [5.41, 5.74) is 0.000236. The smallest absolute Gasteiger partial charge is 0.225 e. The molecular weight excluding hydrogens is 328 g/mol. The highest BCUT2D eigenvalue weighted by Crippen LogP contribution is 2.33. The van der Waals surface area contributed by atoms with Gasteiger partial charge in [-0.25, -0.2) is 0 Å². The van der Waals surface area contributed by atoms with Crippen molar-refractivity contribution in [2.75, 3.05) is 26.2 Å². The van der Waals surface area contributed by atoms with Gasteiger partial charge in [0, 0.05) is 12.5 Å². The van der Waals surface area contributed by atoms with Crippen molar-refractivity contribution in [1.82, 2.24) is 9.80 Å². The fourth-order valence-corrected chi connectivity index (χ4v) is 4.19. The van der Waals surface area contributed by atoms with Crippen LogP contribution in [0.25, 0.3) is 0 Å². The molecule has 2 aliphatic rings. The molecule has 2 saturated heterocycles. The topological polar surface area (TPSA) is 56.9 Å². The minimum Gasteiger partial charge on any atom is -0.468 e. The molecule has 138 valence electrons. The maximum absolute atomic E-state index is 12.9. The normalized spacial score (nSPS) is 24.9. The van der Waals surface area contributed by atoms with Gasteiger partial charge in [-0.3, -0.25) is 9.69 Å². The van der Waals surface area contributed by atoms with Crippen LogP contribution < -0.4 is 0 Å². The van der Waals surface area contributed by atoms with Crippen molar-refractivity contribution in [3.63, 3.8) is 0 Å². The molecule has 5 nitrogen and oxygen atoms in total. The predicted molar refractivity (Wildman–Crippen MR) is 98.2 cm³/mol. The summed E-state index contributed by atoms with van der Waals surface area (Å²) in [7, 11) is 0. The summed E-state index contributed by atoms with van der Waals surface area (Å²) in [6, 6.07) is 13.6. The molecule has 1 N–H and O–H groups in total. The Morgan fingerprint density at radius 1 is 1.12 bits per heavy atom. The van der Waals surface area contributed by atoms with E-state index in [9.17, 15) is 9.90 Å². The van der Waals surface area contributed by atoms with Crippen LogP contribution >= 0.6 is 0 Å². The van der Waals surface area contributed by atoms with Crippen LogP contribution in [0.15, 0.2) is 53.1 Å². The lowest BCUT2D eigenvalue weighted by atomic mass is 9.93. The number of carbonyl (C=O) groups is 1. The predicted octanol–water partition coefficient (Wildman–Crippen LogP) is 2.61. The third-order valence-electron chi connectivity index (χ3n) is 5.77. The van der Waals surface area contributed by atoms with E-state index < -0.39 is 5.60 Å². The number of piperidine rings is 1. The van der Waals surface area contributed by atoms with Crippen molar-refractivity contribution in [3.05, 3.63) is 60.1 Å². The number of hydrogen-bond donors (Lipinski definition) is 1. The fourth-order valence-electron chi connectivity index (χ4n) is 4.19. The van der Waals surface area contributed by atoms with Gasteiger partial charge in [0.05, 0.1) is 19.4 Å². The number of hydrogen-bond acceptors (Lipinski definition) is 4. The van der Waals surface area contributed by atoms with Crippen LogP contribution in [0, 0.1) is 5.92 Å². The van der Waals surface area contributed by atoms with E-state index in [2.05, 4.69) is 4.90 Å². The van der Waals surface area contributed by atoms with Gasteiger partial charge in [0.25, 0.3) is 0 Å². The standard InChI is InChI=1S/C21H26N2O3/c24-20(17-8-11-22(12-9-17)15-19-7-4-14-26-19)23-13-10-21(25,16-23)18-5-2-1-3-6-18/h1-7,14,17,25H,8-13,15-16H2/t21-/m0/s1. The van der Waals surface area contributed by atoms with Crippen molar-refractivity contribution in [3.8, 4) is 0 Å². The van der Waals surface area contributed by atoms with Crippen LogP contribution in [0.5, 0.6) is 0 Å². The first-order valence-electron chi connectivity index (χ1n) is 9.45. The first-order valence-corrected chi connectivity index (χ1v) is 9.45. The molecule has 1 aromatic heterocycles. The number of rotatable bonds is 4. The first-order chi connectivity index (χ1) is 12.6. The van der Waals surface area contributed by atoms with Crippen molar-refractivity contribution >= 4 is 5.91 Å². The lowest BCUT2D eigenvalue weighted by molar-refractivity contribution is -0.137. The number of carbonyl (C=O) groups excluding carboxylic acids is 1. The molecule has 2 aromatic rings. The Labute approximate surface area is 154 Å². The van der Waals surface area contributed by atoms with Crippen molar-refractivity contribution in [2.24, 2.45) is 5.92 Å². The van der Waals surface area contributed by atoms with Gasteiger partial charge in [-0.05, 0) is 50.0 Å². The molecule has 0 bridgehead atoms. The van der Waals surface area contributed by atoms with E-state index in [4.69, 9.17) is 4.42 Å². The lowest BCUT2D eigenvalue weighted by Crippen LogP contribution is -2.42. The summed E-state index contributed by atoms with van der Waals surface area (Å²) in [6.45, 7) is 3.67. The van der Waals surface area contributed by atoms with E-state index in [0.29, 0.717) is 19.5 Å². The molecule has 2 fully saturated rings. The highest BCUT2D eigenvalue weighted by atomic mass is 16.3. The highest BCUT2D eigenvalue weighted by molar-refractivity contribution is 5.79. The Balaban J connectivity index is 1.32. The summed E-state index contributed by atoms with van der Waals surface area (Å²) in [5, 5.41) is 11.0. The maximum atomic E-state index is 12.9. The molecule has 1 amide bonds. The Kier molecular flexibility index (Phi) is 4.83. The number of aliphatic hydroxyl groups is 1. The highest BCUT2D eigenvalue weighted by Gasteiger charge is 2.41. The van der Waals surface area contributed by atoms with E-state index in [0.717, 1.165) is 43.8 Å². The van der Waals surface area contributed by atoms with Crippen LogP contribution in [-0.4, -0.2) is 47.0 Å². The zero-order chi connectivity index (χ0) is 18.0. The van der Waals surface area contributed by atoms with Crippen LogP contribution in [0.4, 0.5) is 0 Å². The average Bonchev–Trinajstić information content (AvgIpc) is 3.33. The quantitative estimate of drug-likeness (QED) is 0.917. The second kappa shape index (κ2) is 7.25. The van der Waals surface area contributed by atoms with E-state index in [-0.39, 0.29) is 11.8 Å². The molecule has 0 saturated carbocycles. The number of β-amino-alcohol motifs (C(OH)–C–C–N with tert-alkyl or cyclic N) is 1. The minimum atomic E-state index is -0.906. The molecule has 1 atom stereocenters. The maximum Gasteiger partial charge on any atom is 0.225 e. The van der Waals surface area contributed by atoms with Crippen molar-refractivity contribution in [1.29, 1.82) is 0 Å². The molecule has 0 spiro atoms. The van der Waals surface area contributed by atoms with Gasteiger partial charge in [0.15, 0.2) is 0 Å². The molecule has 26 heavy (non-hydrogen) atoms. The number of benzene rings is 1. The van der Waals surface area contributed by atoms with Crippen LogP contribution in [0.1, 0.15) is 30.6 Å². The SMILES string of the molecule is O=C(C1CCN(Cc2ccco2)CC1)N1CC[C@@](O)(c2ccccc2)C1. The largest absolute Gasteiger partial charge is 0.468 e. The van der Waals surface area contributed by atoms with Crippen LogP contribution in [0.3, 0.4) is 0 Å². The second-order valence-corrected chi connectivity index (χ2v) is 7.54. The van der Waals surface area contributed by atoms with E-state index in [1.54, 1.807) is 6.26 Å². The van der Waals surface area contributed by atoms with Crippen LogP contribution in [-0.2, 0) is 16.9 Å². The van der Waals surface area contributed by atoms with Gasteiger partial charge in [-0.1, -0.05) is 30.3 Å². The number of likely N-dealkylation sites (tertiary alicyclic amines) is 2. The van der Waals surface area contributed by atoms with Gasteiger partial charge in [0.2, 0.25) is 5.91 Å². The molecule has 3 heterocycles. The van der Waals surface area contributed by atoms with Crippen molar-refractivity contribution in [2.45, 2.75) is 31.4 Å².